The minimum atomic E-state index is 1.08. The van der Waals surface area contributed by atoms with E-state index >= 15 is 0 Å². The standard InChI is InChI=1S/C27H34N/c1-13-14(2)20(8)26-23(17(13)5)11-12-28-22(10)25-19(7)16(4)15(3)18(6)24(25)21(9)27(26)28/h11-12H2,1-10H3/q+1. The van der Waals surface area contributed by atoms with Gasteiger partial charge >= 0.3 is 0 Å². The van der Waals surface area contributed by atoms with Gasteiger partial charge < -0.3 is 0 Å². The highest BCUT2D eigenvalue weighted by Gasteiger charge is 2.34. The Morgan fingerprint density at radius 3 is 1.61 bits per heavy atom. The summed E-state index contributed by atoms with van der Waals surface area (Å²) in [4.78, 5) is 0. The molecule has 0 saturated heterocycles. The zero-order valence-corrected chi connectivity index (χ0v) is 19.4. The molecule has 1 heteroatoms. The lowest BCUT2D eigenvalue weighted by atomic mass is 9.80. The molecule has 0 atom stereocenters. The Morgan fingerprint density at radius 2 is 1.00 bits per heavy atom. The Kier molecular flexibility index (Phi) is 4.23. The summed E-state index contributed by atoms with van der Waals surface area (Å²) in [5, 5.41) is 2.95. The van der Waals surface area contributed by atoms with E-state index in [1.807, 2.05) is 0 Å². The molecule has 0 amide bonds. The summed E-state index contributed by atoms with van der Waals surface area (Å²) in [7, 11) is 0. The second-order valence-corrected chi connectivity index (χ2v) is 9.06. The molecule has 0 aliphatic carbocycles. The second-order valence-electron chi connectivity index (χ2n) is 9.06. The number of aromatic nitrogens is 1. The van der Waals surface area contributed by atoms with Gasteiger partial charge in [-0.15, -0.1) is 0 Å². The van der Waals surface area contributed by atoms with Gasteiger partial charge in [0, 0.05) is 24.3 Å². The van der Waals surface area contributed by atoms with Crippen LogP contribution in [0.3, 0.4) is 0 Å². The topological polar surface area (TPSA) is 3.88 Å². The predicted octanol–water partition coefficient (Wildman–Crippen LogP) is 6.43. The van der Waals surface area contributed by atoms with Crippen molar-refractivity contribution in [2.45, 2.75) is 82.2 Å². The van der Waals surface area contributed by atoms with E-state index in [-0.39, 0.29) is 0 Å². The number of rotatable bonds is 0. The summed E-state index contributed by atoms with van der Waals surface area (Å²) in [6.07, 6.45) is 1.13. The molecule has 2 aromatic carbocycles. The zero-order chi connectivity index (χ0) is 20.7. The fourth-order valence-corrected chi connectivity index (χ4v) is 5.71. The SMILES string of the molecule is Cc1c(C)c(C)c2c(c1C)CC[n+]1c-2c(C)c2c(C)c(C)c(C)c(C)c2c1C. The molecule has 4 rings (SSSR count). The van der Waals surface area contributed by atoms with Crippen LogP contribution < -0.4 is 4.57 Å². The molecule has 0 fully saturated rings. The van der Waals surface area contributed by atoms with Crippen molar-refractivity contribution in [3.05, 3.63) is 61.3 Å². The molecule has 1 aliphatic rings. The highest BCUT2D eigenvalue weighted by atomic mass is 15.0. The van der Waals surface area contributed by atoms with E-state index in [1.165, 1.54) is 77.8 Å². The minimum absolute atomic E-state index is 1.08. The Bertz CT molecular complexity index is 1190. The number of pyridine rings is 1. The summed E-state index contributed by atoms with van der Waals surface area (Å²) in [6.45, 7) is 24.2. The van der Waals surface area contributed by atoms with Gasteiger partial charge in [-0.3, -0.25) is 0 Å². The number of nitrogens with zero attached hydrogens (tertiary/aromatic N) is 1. The quantitative estimate of drug-likeness (QED) is 0.400. The highest BCUT2D eigenvalue weighted by molar-refractivity contribution is 5.97. The predicted molar refractivity (Wildman–Crippen MR) is 121 cm³/mol. The van der Waals surface area contributed by atoms with E-state index in [0.717, 1.165) is 13.0 Å². The van der Waals surface area contributed by atoms with Gasteiger partial charge in [0.1, 0.15) is 0 Å². The largest absolute Gasteiger partial charge is 0.216 e. The van der Waals surface area contributed by atoms with Crippen LogP contribution in [-0.4, -0.2) is 0 Å². The molecule has 0 saturated carbocycles. The Balaban J connectivity index is 2.28. The second kappa shape index (κ2) is 6.17. The van der Waals surface area contributed by atoms with Gasteiger partial charge in [-0.1, -0.05) is 0 Å². The number of fused-ring (bicyclic) bond motifs is 4. The van der Waals surface area contributed by atoms with Crippen LogP contribution in [0.25, 0.3) is 22.0 Å². The lowest BCUT2D eigenvalue weighted by Gasteiger charge is -2.27. The van der Waals surface area contributed by atoms with Crippen molar-refractivity contribution < 1.29 is 4.57 Å². The Labute approximate surface area is 170 Å². The van der Waals surface area contributed by atoms with Crippen LogP contribution in [0.4, 0.5) is 0 Å². The molecule has 0 radical (unpaired) electrons. The molecule has 2 heterocycles. The first-order valence-electron chi connectivity index (χ1n) is 10.6. The fourth-order valence-electron chi connectivity index (χ4n) is 5.71. The van der Waals surface area contributed by atoms with Crippen LogP contribution in [0.2, 0.25) is 0 Å². The van der Waals surface area contributed by atoms with Crippen molar-refractivity contribution in [3.8, 4) is 11.3 Å². The molecule has 1 aliphatic heterocycles. The van der Waals surface area contributed by atoms with Crippen molar-refractivity contribution in [3.63, 3.8) is 0 Å². The molecule has 0 unspecified atom stereocenters. The first kappa shape index (κ1) is 19.2. The number of aryl methyl sites for hydroxylation is 4. The molecule has 0 spiro atoms. The van der Waals surface area contributed by atoms with Gasteiger partial charge in [0.25, 0.3) is 0 Å². The minimum Gasteiger partial charge on any atom is -0.195 e. The van der Waals surface area contributed by atoms with Crippen molar-refractivity contribution in [1.82, 2.24) is 0 Å². The summed E-state index contributed by atoms with van der Waals surface area (Å²) in [5.74, 6) is 0. The average molecular weight is 373 g/mol. The Morgan fingerprint density at radius 1 is 0.500 bits per heavy atom. The summed E-state index contributed by atoms with van der Waals surface area (Å²) >= 11 is 0. The van der Waals surface area contributed by atoms with E-state index in [0.29, 0.717) is 0 Å². The van der Waals surface area contributed by atoms with Gasteiger partial charge in [-0.25, -0.2) is 0 Å². The van der Waals surface area contributed by atoms with E-state index in [9.17, 15) is 0 Å². The molecule has 0 bridgehead atoms. The van der Waals surface area contributed by atoms with Crippen LogP contribution in [0.15, 0.2) is 0 Å². The van der Waals surface area contributed by atoms with Crippen LogP contribution in [-0.2, 0) is 13.0 Å². The lowest BCUT2D eigenvalue weighted by molar-refractivity contribution is -0.692. The summed E-state index contributed by atoms with van der Waals surface area (Å²) in [5.41, 5.74) is 19.1. The Hall–Kier alpha value is -2.15. The fraction of sp³-hybridized carbons (Fsp3) is 0.444. The molecule has 146 valence electrons. The van der Waals surface area contributed by atoms with Crippen LogP contribution in [0.5, 0.6) is 0 Å². The molecular formula is C27H34N+. The first-order valence-corrected chi connectivity index (χ1v) is 10.6. The molecule has 3 aromatic rings. The smallest absolute Gasteiger partial charge is 0.195 e. The molecule has 1 nitrogen and oxygen atoms in total. The van der Waals surface area contributed by atoms with Crippen molar-refractivity contribution in [1.29, 1.82) is 0 Å². The maximum Gasteiger partial charge on any atom is 0.216 e. The van der Waals surface area contributed by atoms with E-state index in [1.54, 1.807) is 5.56 Å². The van der Waals surface area contributed by atoms with Crippen LogP contribution >= 0.6 is 0 Å². The van der Waals surface area contributed by atoms with E-state index < -0.39 is 0 Å². The van der Waals surface area contributed by atoms with Crippen molar-refractivity contribution in [2.75, 3.05) is 0 Å². The monoisotopic (exact) mass is 372 g/mol. The average Bonchev–Trinajstić information content (AvgIpc) is 2.68. The van der Waals surface area contributed by atoms with Crippen molar-refractivity contribution in [2.24, 2.45) is 0 Å². The van der Waals surface area contributed by atoms with Crippen LogP contribution in [0, 0.1) is 69.2 Å². The molecule has 1 aromatic heterocycles. The van der Waals surface area contributed by atoms with Gasteiger partial charge in [0.15, 0.2) is 12.2 Å². The number of hydrogen-bond donors (Lipinski definition) is 0. The summed E-state index contributed by atoms with van der Waals surface area (Å²) in [6, 6.07) is 0. The van der Waals surface area contributed by atoms with Gasteiger partial charge in [0.2, 0.25) is 5.69 Å². The third-order valence-corrected chi connectivity index (χ3v) is 8.09. The van der Waals surface area contributed by atoms with Crippen molar-refractivity contribution >= 4 is 10.8 Å². The van der Waals surface area contributed by atoms with E-state index in [4.69, 9.17) is 0 Å². The maximum absolute atomic E-state index is 2.61. The highest BCUT2D eigenvalue weighted by Crippen LogP contribution is 2.41. The third-order valence-electron chi connectivity index (χ3n) is 8.09. The molecule has 0 N–H and O–H groups in total. The first-order chi connectivity index (χ1) is 13.1. The molecule has 28 heavy (non-hydrogen) atoms. The van der Waals surface area contributed by atoms with E-state index in [2.05, 4.69) is 73.8 Å². The number of benzene rings is 2. The number of hydrogen-bond acceptors (Lipinski definition) is 0. The zero-order valence-electron chi connectivity index (χ0n) is 19.4. The third kappa shape index (κ3) is 2.22. The summed E-state index contributed by atoms with van der Waals surface area (Å²) < 4.78 is 2.61. The van der Waals surface area contributed by atoms with Gasteiger partial charge in [0.05, 0.1) is 10.9 Å². The molecular weight excluding hydrogens is 338 g/mol. The van der Waals surface area contributed by atoms with Gasteiger partial charge in [-0.05, 0) is 112 Å². The maximum atomic E-state index is 2.61. The van der Waals surface area contributed by atoms with Gasteiger partial charge in [-0.2, -0.15) is 4.57 Å². The normalized spacial score (nSPS) is 13.1. The lowest BCUT2D eigenvalue weighted by Crippen LogP contribution is -2.45. The van der Waals surface area contributed by atoms with Crippen LogP contribution in [0.1, 0.15) is 61.3 Å².